The number of aliphatic hydroxyl groups is 4. The predicted octanol–water partition coefficient (Wildman–Crippen LogP) is 3.34. The number of azo groups is 1. The topological polar surface area (TPSA) is 308 Å². The summed E-state index contributed by atoms with van der Waals surface area (Å²) < 4.78 is 20.1. The van der Waals surface area contributed by atoms with Gasteiger partial charge in [-0.1, -0.05) is 14.9 Å². The van der Waals surface area contributed by atoms with Gasteiger partial charge < -0.3 is 55.1 Å². The Morgan fingerprint density at radius 2 is 0.947 bits per heavy atom. The van der Waals surface area contributed by atoms with E-state index in [0.29, 0.717) is 22.3 Å². The molecule has 0 saturated heterocycles. The second-order valence-electron chi connectivity index (χ2n) is 10.5. The zero-order valence-electron chi connectivity index (χ0n) is 30.0. The Hall–Kier alpha value is -6.64. The number of Topliss-reactive ketones (excluding diaryl/α,β-unsaturated/α-hetero) is 2. The molecule has 0 spiro atoms. The number of hydrogen-bond acceptors (Lipinski definition) is 18. The minimum Gasteiger partial charge on any atom is -0.507 e. The SMILES string of the molecule is C.C.COC1=CC(=CN=NC=C2C=C(CO)C(=O)C(CO)=C2)C=C(OC)C1=O.COc1cc(C=NN=Cc2cc(CO)c(O)c(CO)c2)cc(OC)c1O.O.O=O. The van der Waals surface area contributed by atoms with E-state index in [9.17, 15) is 40.2 Å². The summed E-state index contributed by atoms with van der Waals surface area (Å²) >= 11 is 0. The van der Waals surface area contributed by atoms with Crippen LogP contribution in [0, 0.1) is 9.93 Å². The number of aliphatic hydroxyl groups excluding tert-OH is 4. The first kappa shape index (κ1) is 52.5. The van der Waals surface area contributed by atoms with E-state index >= 15 is 0 Å². The summed E-state index contributed by atoms with van der Waals surface area (Å²) in [4.78, 5) is 37.7. The first-order valence-electron chi connectivity index (χ1n) is 15.4. The van der Waals surface area contributed by atoms with Gasteiger partial charge in [-0.05, 0) is 59.7 Å². The van der Waals surface area contributed by atoms with Crippen LogP contribution in [0.1, 0.15) is 37.1 Å². The number of benzene rings is 2. The van der Waals surface area contributed by atoms with Gasteiger partial charge in [0.2, 0.25) is 5.75 Å². The maximum atomic E-state index is 11.9. The minimum atomic E-state index is -0.433. The highest BCUT2D eigenvalue weighted by atomic mass is 16.7. The molecule has 8 N–H and O–H groups in total. The number of nitrogens with zero attached hydrogens (tertiary/aromatic N) is 4. The van der Waals surface area contributed by atoms with E-state index in [0.717, 1.165) is 0 Å². The third-order valence-corrected chi connectivity index (χ3v) is 7.18. The zero-order chi connectivity index (χ0) is 40.2. The fraction of sp³-hybridized carbons (Fsp3) is 0.263. The van der Waals surface area contributed by atoms with Crippen molar-refractivity contribution < 1.29 is 64.7 Å². The molecule has 0 atom stereocenters. The molecule has 0 saturated carbocycles. The summed E-state index contributed by atoms with van der Waals surface area (Å²) in [6.07, 6.45) is 11.6. The quantitative estimate of drug-likeness (QED) is 0.0962. The number of allylic oxidation sites excluding steroid dienone is 6. The third kappa shape index (κ3) is 14.5. The molecule has 2 aliphatic rings. The van der Waals surface area contributed by atoms with Crippen molar-refractivity contribution in [3.8, 4) is 23.0 Å². The number of carbonyl (C=O) groups is 2. The molecule has 0 unspecified atom stereocenters. The highest BCUT2D eigenvalue weighted by Crippen LogP contribution is 2.36. The van der Waals surface area contributed by atoms with Crippen molar-refractivity contribution in [3.63, 3.8) is 0 Å². The van der Waals surface area contributed by atoms with Crippen LogP contribution >= 0.6 is 0 Å². The molecule has 0 heterocycles. The van der Waals surface area contributed by atoms with Crippen molar-refractivity contribution in [3.05, 3.63) is 127 Å². The lowest BCUT2D eigenvalue weighted by Crippen LogP contribution is -2.15. The van der Waals surface area contributed by atoms with Gasteiger partial charge in [0, 0.05) is 43.3 Å². The fourth-order valence-electron chi connectivity index (χ4n) is 4.56. The molecule has 2 aliphatic carbocycles. The molecule has 0 aromatic heterocycles. The van der Waals surface area contributed by atoms with E-state index in [1.165, 1.54) is 77.6 Å². The summed E-state index contributed by atoms with van der Waals surface area (Å²) in [6, 6.07) is 6.23. The van der Waals surface area contributed by atoms with Crippen LogP contribution in [0.2, 0.25) is 0 Å². The number of ketones is 2. The van der Waals surface area contributed by atoms with Gasteiger partial charge in [-0.15, -0.1) is 0 Å². The van der Waals surface area contributed by atoms with Crippen LogP contribution < -0.4 is 9.47 Å². The first-order chi connectivity index (χ1) is 26.1. The van der Waals surface area contributed by atoms with Gasteiger partial charge >= 0.3 is 0 Å². The molecule has 310 valence electrons. The molecular weight excluding hydrogens is 752 g/mol. The van der Waals surface area contributed by atoms with Crippen molar-refractivity contribution in [1.29, 1.82) is 0 Å². The molecule has 2 aromatic carbocycles. The van der Waals surface area contributed by atoms with E-state index in [4.69, 9.17) is 28.9 Å². The van der Waals surface area contributed by atoms with Gasteiger partial charge in [0.15, 0.2) is 28.8 Å². The monoisotopic (exact) mass is 800 g/mol. The standard InChI is InChI=1S/C18H20N2O6.C18H18N2O6.2CH4.O2.H2O/c2*1-25-15-5-12(6-16(26-2)18(15)24)8-20-19-7-11-3-13(9-21)17(23)14(4-11)10-22;;;1-2;/h3-8,21-24H,9-10H2,1-2H3;3-8,21-22H,9-10H2,1-2H3;2*1H4;;1H2. The van der Waals surface area contributed by atoms with Gasteiger partial charge in [-0.3, -0.25) is 9.59 Å². The fourth-order valence-corrected chi connectivity index (χ4v) is 4.56. The van der Waals surface area contributed by atoms with Gasteiger partial charge in [-0.2, -0.15) is 20.4 Å². The zero-order valence-corrected chi connectivity index (χ0v) is 30.0. The summed E-state index contributed by atoms with van der Waals surface area (Å²) in [5.41, 5.74) is 3.15. The lowest BCUT2D eigenvalue weighted by molar-refractivity contribution is -0.118. The lowest BCUT2D eigenvalue weighted by atomic mass is 9.95. The van der Waals surface area contributed by atoms with Crippen LogP contribution in [0.4, 0.5) is 0 Å². The number of phenolic OH excluding ortho intramolecular Hbond substituents is 1. The Morgan fingerprint density at radius 1 is 0.561 bits per heavy atom. The van der Waals surface area contributed by atoms with Gasteiger partial charge in [0.1, 0.15) is 5.75 Å². The number of carbonyl (C=O) groups excluding carboxylic acids is 2. The van der Waals surface area contributed by atoms with Crippen molar-refractivity contribution in [2.45, 2.75) is 28.1 Å². The number of rotatable bonds is 13. The van der Waals surface area contributed by atoms with Crippen molar-refractivity contribution >= 4 is 24.0 Å². The van der Waals surface area contributed by atoms with E-state index in [1.807, 2.05) is 0 Å². The number of phenols is 2. The number of aromatic hydroxyl groups is 2. The van der Waals surface area contributed by atoms with E-state index < -0.39 is 19.0 Å². The van der Waals surface area contributed by atoms with Gasteiger partial charge in [0.05, 0.1) is 79.7 Å². The smallest absolute Gasteiger partial charge is 0.261 e. The van der Waals surface area contributed by atoms with Crippen molar-refractivity contribution in [1.82, 2.24) is 0 Å². The molecule has 0 fully saturated rings. The molecule has 0 bridgehead atoms. The van der Waals surface area contributed by atoms with E-state index in [-0.39, 0.29) is 96.1 Å². The van der Waals surface area contributed by atoms with Gasteiger partial charge in [0.25, 0.3) is 5.78 Å². The molecule has 0 amide bonds. The van der Waals surface area contributed by atoms with Crippen molar-refractivity contribution in [2.75, 3.05) is 41.7 Å². The average molecular weight is 801 g/mol. The Kier molecular flexibility index (Phi) is 24.9. The van der Waals surface area contributed by atoms with Crippen LogP contribution in [-0.4, -0.2) is 102 Å². The number of ether oxygens (including phenoxy) is 4. The normalized spacial score (nSPS) is 13.3. The largest absolute Gasteiger partial charge is 0.507 e. The molecule has 19 nitrogen and oxygen atoms in total. The predicted molar refractivity (Wildman–Crippen MR) is 212 cm³/mol. The van der Waals surface area contributed by atoms with Gasteiger partial charge in [-0.25, -0.2) is 0 Å². The Balaban J connectivity index is 0. The second-order valence-corrected chi connectivity index (χ2v) is 10.5. The number of hydrogen-bond donors (Lipinski definition) is 6. The van der Waals surface area contributed by atoms with E-state index in [1.54, 1.807) is 24.3 Å². The van der Waals surface area contributed by atoms with Crippen LogP contribution in [0.3, 0.4) is 0 Å². The third-order valence-electron chi connectivity index (χ3n) is 7.18. The maximum Gasteiger partial charge on any atom is 0.261 e. The highest BCUT2D eigenvalue weighted by molar-refractivity contribution is 6.10. The molecule has 2 aromatic rings. The minimum absolute atomic E-state index is 0. The molecule has 57 heavy (non-hydrogen) atoms. The summed E-state index contributed by atoms with van der Waals surface area (Å²) in [5, 5.41) is 72.1. The molecular formula is C38H48N4O15. The molecule has 19 heteroatoms. The van der Waals surface area contributed by atoms with Crippen LogP contribution in [-0.2, 0) is 32.3 Å². The maximum absolute atomic E-state index is 11.9. The van der Waals surface area contributed by atoms with Crippen LogP contribution in [0.25, 0.3) is 0 Å². The average Bonchev–Trinajstić information content (AvgIpc) is 3.20. The Bertz CT molecular complexity index is 1720. The molecule has 0 radical (unpaired) electrons. The molecule has 4 rings (SSSR count). The number of methoxy groups -OCH3 is 4. The first-order valence-corrected chi connectivity index (χ1v) is 15.4. The van der Waals surface area contributed by atoms with E-state index in [2.05, 4.69) is 20.4 Å². The summed E-state index contributed by atoms with van der Waals surface area (Å²) in [6.45, 7) is -1.59. The van der Waals surface area contributed by atoms with Crippen LogP contribution in [0.5, 0.6) is 23.0 Å². The van der Waals surface area contributed by atoms with Crippen LogP contribution in [0.15, 0.2) is 115 Å². The highest BCUT2D eigenvalue weighted by Gasteiger charge is 2.22. The Labute approximate surface area is 328 Å². The summed E-state index contributed by atoms with van der Waals surface area (Å²) in [5.74, 6) is -0.260. The second kappa shape index (κ2) is 27.0. The lowest BCUT2D eigenvalue weighted by Gasteiger charge is -2.12. The Morgan fingerprint density at radius 3 is 1.30 bits per heavy atom. The van der Waals surface area contributed by atoms with Crippen molar-refractivity contribution in [2.24, 2.45) is 20.4 Å². The molecule has 0 aliphatic heterocycles. The summed E-state index contributed by atoms with van der Waals surface area (Å²) in [7, 11) is 5.62.